The Kier molecular flexibility index (Phi) is 2.72. The van der Waals surface area contributed by atoms with Gasteiger partial charge in [0.25, 0.3) is 5.69 Å². The molecule has 0 aromatic heterocycles. The van der Waals surface area contributed by atoms with Crippen molar-refractivity contribution in [1.82, 2.24) is 5.32 Å². The lowest BCUT2D eigenvalue weighted by molar-refractivity contribution is -0.384. The van der Waals surface area contributed by atoms with Crippen molar-refractivity contribution in [2.24, 2.45) is 0 Å². The Hall–Kier alpha value is -2.11. The fourth-order valence-electron chi connectivity index (χ4n) is 1.57. The standard InChI is InChI=1S/C10H10N2O4/c13-10-11-8(6-16-10)5-7-1-3-9(4-2-7)12(14)15/h1-4,8H,5-6H2,(H,11,13)/t8-/m1/s1. The van der Waals surface area contributed by atoms with Crippen molar-refractivity contribution in [2.45, 2.75) is 12.5 Å². The fraction of sp³-hybridized carbons (Fsp3) is 0.300. The lowest BCUT2D eigenvalue weighted by Crippen LogP contribution is -2.28. The molecule has 1 amide bonds. The molecule has 1 atom stereocenters. The van der Waals surface area contributed by atoms with Gasteiger partial charge >= 0.3 is 6.09 Å². The monoisotopic (exact) mass is 222 g/mol. The number of nitro benzene ring substituents is 1. The van der Waals surface area contributed by atoms with Crippen LogP contribution in [-0.2, 0) is 11.2 Å². The first-order valence-corrected chi connectivity index (χ1v) is 4.82. The summed E-state index contributed by atoms with van der Waals surface area (Å²) in [6.45, 7) is 0.343. The van der Waals surface area contributed by atoms with Gasteiger partial charge in [-0.3, -0.25) is 10.1 Å². The van der Waals surface area contributed by atoms with Crippen molar-refractivity contribution in [2.75, 3.05) is 6.61 Å². The van der Waals surface area contributed by atoms with Crippen LogP contribution in [-0.4, -0.2) is 23.7 Å². The van der Waals surface area contributed by atoms with E-state index < -0.39 is 11.0 Å². The summed E-state index contributed by atoms with van der Waals surface area (Å²) in [5.41, 5.74) is 0.997. The third-order valence-corrected chi connectivity index (χ3v) is 2.37. The van der Waals surface area contributed by atoms with Gasteiger partial charge in [-0.05, 0) is 12.0 Å². The number of rotatable bonds is 3. The zero-order chi connectivity index (χ0) is 11.5. The van der Waals surface area contributed by atoms with Crippen LogP contribution in [0, 0.1) is 10.1 Å². The van der Waals surface area contributed by atoms with Crippen LogP contribution in [0.5, 0.6) is 0 Å². The number of hydrogen-bond acceptors (Lipinski definition) is 4. The van der Waals surface area contributed by atoms with Crippen LogP contribution in [0.2, 0.25) is 0 Å². The molecular formula is C10H10N2O4. The highest BCUT2D eigenvalue weighted by Crippen LogP contribution is 2.14. The van der Waals surface area contributed by atoms with E-state index in [1.807, 2.05) is 0 Å². The average molecular weight is 222 g/mol. The highest BCUT2D eigenvalue weighted by atomic mass is 16.6. The van der Waals surface area contributed by atoms with Gasteiger partial charge < -0.3 is 10.1 Å². The van der Waals surface area contributed by atoms with Gasteiger partial charge in [0.2, 0.25) is 0 Å². The topological polar surface area (TPSA) is 81.5 Å². The van der Waals surface area contributed by atoms with Crippen LogP contribution in [0.15, 0.2) is 24.3 Å². The first-order valence-electron chi connectivity index (χ1n) is 4.82. The maximum absolute atomic E-state index is 10.8. The summed E-state index contributed by atoms with van der Waals surface area (Å²) in [5.74, 6) is 0. The molecule has 0 spiro atoms. The number of carbonyl (C=O) groups is 1. The second-order valence-electron chi connectivity index (χ2n) is 3.57. The molecule has 1 N–H and O–H groups in total. The molecule has 16 heavy (non-hydrogen) atoms. The summed E-state index contributed by atoms with van der Waals surface area (Å²) < 4.78 is 4.74. The number of benzene rings is 1. The molecule has 1 aromatic rings. The highest BCUT2D eigenvalue weighted by Gasteiger charge is 2.22. The van der Waals surface area contributed by atoms with Gasteiger partial charge in [0, 0.05) is 12.1 Å². The van der Waals surface area contributed by atoms with E-state index >= 15 is 0 Å². The minimum Gasteiger partial charge on any atom is -0.447 e. The summed E-state index contributed by atoms with van der Waals surface area (Å²) >= 11 is 0. The molecule has 0 radical (unpaired) electrons. The largest absolute Gasteiger partial charge is 0.447 e. The van der Waals surface area contributed by atoms with E-state index in [1.165, 1.54) is 12.1 Å². The molecule has 0 bridgehead atoms. The lowest BCUT2D eigenvalue weighted by Gasteiger charge is -2.06. The van der Waals surface area contributed by atoms with Crippen molar-refractivity contribution < 1.29 is 14.5 Å². The van der Waals surface area contributed by atoms with Crippen LogP contribution in [0.25, 0.3) is 0 Å². The van der Waals surface area contributed by atoms with Crippen LogP contribution in [0.1, 0.15) is 5.56 Å². The van der Waals surface area contributed by atoms with Crippen LogP contribution >= 0.6 is 0 Å². The summed E-state index contributed by atoms with van der Waals surface area (Å²) in [4.78, 5) is 20.8. The molecule has 1 saturated heterocycles. The second kappa shape index (κ2) is 4.18. The number of ether oxygens (including phenoxy) is 1. The number of nitrogens with one attached hydrogen (secondary N) is 1. The summed E-state index contributed by atoms with van der Waals surface area (Å²) in [5, 5.41) is 13.1. The number of hydrogen-bond donors (Lipinski definition) is 1. The van der Waals surface area contributed by atoms with Gasteiger partial charge in [-0.25, -0.2) is 4.79 Å². The fourth-order valence-corrected chi connectivity index (χ4v) is 1.57. The Labute approximate surface area is 91.4 Å². The molecule has 0 aliphatic carbocycles. The predicted octanol–water partition coefficient (Wildman–Crippen LogP) is 1.25. The second-order valence-corrected chi connectivity index (χ2v) is 3.57. The third-order valence-electron chi connectivity index (χ3n) is 2.37. The van der Waals surface area contributed by atoms with Gasteiger partial charge in [-0.15, -0.1) is 0 Å². The number of alkyl carbamates (subject to hydrolysis) is 1. The van der Waals surface area contributed by atoms with E-state index in [4.69, 9.17) is 4.74 Å². The predicted molar refractivity (Wildman–Crippen MR) is 55.1 cm³/mol. The normalized spacial score (nSPS) is 19.0. The van der Waals surface area contributed by atoms with E-state index in [9.17, 15) is 14.9 Å². The van der Waals surface area contributed by atoms with Crippen LogP contribution in [0.3, 0.4) is 0 Å². The highest BCUT2D eigenvalue weighted by molar-refractivity contribution is 5.69. The molecule has 84 valence electrons. The van der Waals surface area contributed by atoms with Crippen molar-refractivity contribution in [3.05, 3.63) is 39.9 Å². The maximum atomic E-state index is 10.8. The quantitative estimate of drug-likeness (QED) is 0.616. The van der Waals surface area contributed by atoms with E-state index in [-0.39, 0.29) is 11.7 Å². The van der Waals surface area contributed by atoms with Gasteiger partial charge in [-0.1, -0.05) is 12.1 Å². The first kappa shape index (κ1) is 10.4. The first-order chi connectivity index (χ1) is 7.65. The molecule has 6 nitrogen and oxygen atoms in total. The van der Waals surface area contributed by atoms with E-state index in [2.05, 4.69) is 5.32 Å². The number of amides is 1. The number of cyclic esters (lactones) is 1. The van der Waals surface area contributed by atoms with Gasteiger partial charge in [0.05, 0.1) is 11.0 Å². The number of carbonyl (C=O) groups excluding carboxylic acids is 1. The Bertz CT molecular complexity index is 415. The SMILES string of the molecule is O=C1N[C@H](Cc2ccc([N+](=O)[O-])cc2)CO1. The molecular weight excluding hydrogens is 212 g/mol. The van der Waals surface area contributed by atoms with E-state index in [0.29, 0.717) is 13.0 Å². The van der Waals surface area contributed by atoms with E-state index in [1.54, 1.807) is 12.1 Å². The molecule has 0 saturated carbocycles. The van der Waals surface area contributed by atoms with Crippen molar-refractivity contribution in [3.8, 4) is 0 Å². The average Bonchev–Trinajstić information content (AvgIpc) is 2.65. The summed E-state index contributed by atoms with van der Waals surface area (Å²) in [6, 6.07) is 6.22. The Morgan fingerprint density at radius 1 is 1.44 bits per heavy atom. The molecule has 0 unspecified atom stereocenters. The molecule has 1 aliphatic heterocycles. The maximum Gasteiger partial charge on any atom is 0.407 e. The molecule has 1 aromatic carbocycles. The number of nitrogens with zero attached hydrogens (tertiary/aromatic N) is 1. The van der Waals surface area contributed by atoms with Gasteiger partial charge in [0.1, 0.15) is 6.61 Å². The van der Waals surface area contributed by atoms with Crippen LogP contribution < -0.4 is 5.32 Å². The van der Waals surface area contributed by atoms with Crippen molar-refractivity contribution in [1.29, 1.82) is 0 Å². The zero-order valence-corrected chi connectivity index (χ0v) is 8.38. The minimum absolute atomic E-state index is 0.0473. The van der Waals surface area contributed by atoms with Gasteiger partial charge in [-0.2, -0.15) is 0 Å². The minimum atomic E-state index is -0.440. The lowest BCUT2D eigenvalue weighted by atomic mass is 10.1. The molecule has 6 heteroatoms. The Morgan fingerprint density at radius 3 is 2.62 bits per heavy atom. The van der Waals surface area contributed by atoms with Crippen molar-refractivity contribution >= 4 is 11.8 Å². The molecule has 1 heterocycles. The summed E-state index contributed by atoms with van der Waals surface area (Å²) in [7, 11) is 0. The third kappa shape index (κ3) is 2.28. The summed E-state index contributed by atoms with van der Waals surface area (Å²) in [6.07, 6.45) is 0.205. The van der Waals surface area contributed by atoms with Crippen LogP contribution in [0.4, 0.5) is 10.5 Å². The number of non-ortho nitro benzene ring substituents is 1. The smallest absolute Gasteiger partial charge is 0.407 e. The van der Waals surface area contributed by atoms with Gasteiger partial charge in [0.15, 0.2) is 0 Å². The number of nitro groups is 1. The van der Waals surface area contributed by atoms with E-state index in [0.717, 1.165) is 5.56 Å². The molecule has 2 rings (SSSR count). The molecule has 1 fully saturated rings. The molecule has 1 aliphatic rings. The van der Waals surface area contributed by atoms with Crippen molar-refractivity contribution in [3.63, 3.8) is 0 Å². The Balaban J connectivity index is 2.00. The Morgan fingerprint density at radius 2 is 2.12 bits per heavy atom. The zero-order valence-electron chi connectivity index (χ0n) is 8.38.